The number of halogens is 3. The van der Waals surface area contributed by atoms with Crippen LogP contribution >= 0.6 is 11.6 Å². The Labute approximate surface area is 269 Å². The number of Topliss-reactive ketones (excluding diaryl/α,β-unsaturated/α-hetero) is 1. The van der Waals surface area contributed by atoms with Gasteiger partial charge in [0.2, 0.25) is 5.82 Å². The van der Waals surface area contributed by atoms with Crippen LogP contribution < -0.4 is 11.1 Å². The first-order valence-electron chi connectivity index (χ1n) is 14.1. The summed E-state index contributed by atoms with van der Waals surface area (Å²) in [4.78, 5) is 41.4. The van der Waals surface area contributed by atoms with E-state index in [1.165, 1.54) is 30.3 Å². The minimum absolute atomic E-state index is 0.0162. The van der Waals surface area contributed by atoms with Crippen LogP contribution in [0.4, 0.5) is 19.3 Å². The van der Waals surface area contributed by atoms with E-state index in [9.17, 15) is 18.8 Å². The molecule has 4 aromatic rings. The second kappa shape index (κ2) is 14.3. The van der Waals surface area contributed by atoms with Crippen molar-refractivity contribution < 1.29 is 32.4 Å². The smallest absolute Gasteiger partial charge is 0.412 e. The minimum atomic E-state index is -0.942. The van der Waals surface area contributed by atoms with Crippen molar-refractivity contribution in [3.63, 3.8) is 0 Å². The van der Waals surface area contributed by atoms with Crippen LogP contribution in [0.2, 0.25) is 5.02 Å². The molecule has 238 valence electrons. The quantitative estimate of drug-likeness (QED) is 0.0778. The number of ketones is 1. The van der Waals surface area contributed by atoms with E-state index >= 15 is 4.39 Å². The molecule has 0 atom stereocenters. The fourth-order valence-corrected chi connectivity index (χ4v) is 4.43. The monoisotopic (exact) mass is 648 g/mol. The molecule has 46 heavy (non-hydrogen) atoms. The van der Waals surface area contributed by atoms with Gasteiger partial charge in [-0.3, -0.25) is 14.9 Å². The molecule has 1 heterocycles. The number of rotatable bonds is 10. The van der Waals surface area contributed by atoms with Gasteiger partial charge in [-0.1, -0.05) is 35.0 Å². The van der Waals surface area contributed by atoms with Crippen molar-refractivity contribution in [2.75, 3.05) is 5.32 Å². The molecule has 0 spiro atoms. The van der Waals surface area contributed by atoms with Crippen molar-refractivity contribution in [1.82, 2.24) is 10.1 Å². The summed E-state index contributed by atoms with van der Waals surface area (Å²) in [6.07, 6.45) is 2.29. The molecule has 3 N–H and O–H groups in total. The van der Waals surface area contributed by atoms with E-state index < -0.39 is 35.0 Å². The lowest BCUT2D eigenvalue weighted by Gasteiger charge is -2.19. The van der Waals surface area contributed by atoms with Gasteiger partial charge in [-0.15, -0.1) is 0 Å². The van der Waals surface area contributed by atoms with E-state index in [0.717, 1.165) is 0 Å². The molecule has 4 rings (SSSR count). The molecule has 0 radical (unpaired) electrons. The van der Waals surface area contributed by atoms with E-state index in [1.54, 1.807) is 70.2 Å². The maximum atomic E-state index is 15.1. The van der Waals surface area contributed by atoms with Crippen molar-refractivity contribution >= 4 is 40.6 Å². The van der Waals surface area contributed by atoms with Crippen LogP contribution in [-0.4, -0.2) is 33.5 Å². The number of amides is 2. The first-order valence-corrected chi connectivity index (χ1v) is 14.5. The highest BCUT2D eigenvalue weighted by atomic mass is 35.5. The van der Waals surface area contributed by atoms with Crippen LogP contribution in [0.3, 0.4) is 0 Å². The molecule has 9 nitrogen and oxygen atoms in total. The van der Waals surface area contributed by atoms with Gasteiger partial charge in [-0.25, -0.2) is 13.6 Å². The van der Waals surface area contributed by atoms with Crippen molar-refractivity contribution in [2.45, 2.75) is 46.1 Å². The van der Waals surface area contributed by atoms with Crippen molar-refractivity contribution in [1.29, 1.82) is 0 Å². The summed E-state index contributed by atoms with van der Waals surface area (Å²) in [7, 11) is 0. The standard InChI is InChI=1S/C34H31ClF2N4O5/c1-5-20(22-10-14-26(35)28(37)18-22)17-25(30(38)43)29(42)15-7-19-6-13-24(27(36)16-19)31-40-32(46-41-31)21-8-11-23(12-9-21)39-33(44)45-34(2,3)4/h5-6,8-14,16-18H,7,15H2,1-4H3,(H2,38,43)(H,39,44)/b20-5+,25-17+. The van der Waals surface area contributed by atoms with E-state index in [0.29, 0.717) is 28.0 Å². The van der Waals surface area contributed by atoms with Gasteiger partial charge in [0.25, 0.3) is 11.8 Å². The normalized spacial score (nSPS) is 12.2. The number of anilines is 1. The average molecular weight is 649 g/mol. The van der Waals surface area contributed by atoms with Gasteiger partial charge in [0.15, 0.2) is 5.78 Å². The largest absolute Gasteiger partial charge is 0.444 e. The zero-order chi connectivity index (χ0) is 33.6. The van der Waals surface area contributed by atoms with Crippen LogP contribution in [0.15, 0.2) is 82.9 Å². The van der Waals surface area contributed by atoms with Gasteiger partial charge in [0, 0.05) is 17.7 Å². The Balaban J connectivity index is 1.42. The Hall–Kier alpha value is -5.16. The van der Waals surface area contributed by atoms with E-state index in [1.807, 2.05) is 0 Å². The third-order valence-electron chi connectivity index (χ3n) is 6.55. The van der Waals surface area contributed by atoms with Crippen LogP contribution in [-0.2, 0) is 20.7 Å². The number of hydrogen-bond acceptors (Lipinski definition) is 7. The second-order valence-electron chi connectivity index (χ2n) is 11.2. The summed E-state index contributed by atoms with van der Waals surface area (Å²) in [6.45, 7) is 6.95. The van der Waals surface area contributed by atoms with Gasteiger partial charge in [0.05, 0.1) is 16.2 Å². The Morgan fingerprint density at radius 2 is 1.74 bits per heavy atom. The number of primary amides is 1. The maximum absolute atomic E-state index is 15.1. The van der Waals surface area contributed by atoms with Crippen LogP contribution in [0.25, 0.3) is 28.4 Å². The van der Waals surface area contributed by atoms with Gasteiger partial charge in [-0.05, 0) is 105 Å². The predicted octanol–water partition coefficient (Wildman–Crippen LogP) is 7.70. The van der Waals surface area contributed by atoms with E-state index in [-0.39, 0.29) is 40.7 Å². The maximum Gasteiger partial charge on any atom is 0.412 e. The summed E-state index contributed by atoms with van der Waals surface area (Å²) in [5.74, 6) is -2.63. The first-order chi connectivity index (χ1) is 21.7. The van der Waals surface area contributed by atoms with E-state index in [4.69, 9.17) is 26.6 Å². The Bertz CT molecular complexity index is 1840. The van der Waals surface area contributed by atoms with Crippen molar-refractivity contribution in [2.24, 2.45) is 5.73 Å². The number of carbonyl (C=O) groups excluding carboxylic acids is 3. The Morgan fingerprint density at radius 3 is 2.35 bits per heavy atom. The minimum Gasteiger partial charge on any atom is -0.444 e. The molecule has 0 fully saturated rings. The number of allylic oxidation sites excluding steroid dienone is 3. The summed E-state index contributed by atoms with van der Waals surface area (Å²) in [5, 5.41) is 6.45. The average Bonchev–Trinajstić information content (AvgIpc) is 3.47. The molecular formula is C34H31ClF2N4O5. The highest BCUT2D eigenvalue weighted by Crippen LogP contribution is 2.27. The number of nitrogens with one attached hydrogen (secondary N) is 1. The topological polar surface area (TPSA) is 137 Å². The number of hydrogen-bond donors (Lipinski definition) is 2. The molecular weight excluding hydrogens is 618 g/mol. The molecule has 1 aromatic heterocycles. The number of nitrogens with two attached hydrogens (primary N) is 1. The lowest BCUT2D eigenvalue weighted by Crippen LogP contribution is -2.27. The van der Waals surface area contributed by atoms with E-state index in [2.05, 4.69) is 15.5 Å². The van der Waals surface area contributed by atoms with Crippen LogP contribution in [0, 0.1) is 11.6 Å². The number of aromatic nitrogens is 2. The fraction of sp³-hybridized carbons (Fsp3) is 0.206. The third kappa shape index (κ3) is 8.72. The zero-order valence-electron chi connectivity index (χ0n) is 25.5. The molecule has 0 aliphatic carbocycles. The third-order valence-corrected chi connectivity index (χ3v) is 6.85. The Kier molecular flexibility index (Phi) is 10.5. The highest BCUT2D eigenvalue weighted by Gasteiger charge is 2.20. The second-order valence-corrected chi connectivity index (χ2v) is 11.6. The lowest BCUT2D eigenvalue weighted by atomic mass is 9.97. The molecule has 0 bridgehead atoms. The van der Waals surface area contributed by atoms with Gasteiger partial charge in [0.1, 0.15) is 17.2 Å². The predicted molar refractivity (Wildman–Crippen MR) is 171 cm³/mol. The van der Waals surface area contributed by atoms with Crippen LogP contribution in [0.1, 0.15) is 45.2 Å². The number of ether oxygens (including phenoxy) is 1. The number of nitrogens with zero attached hydrogens (tertiary/aromatic N) is 2. The highest BCUT2D eigenvalue weighted by molar-refractivity contribution is 6.30. The molecule has 3 aromatic carbocycles. The summed E-state index contributed by atoms with van der Waals surface area (Å²) < 4.78 is 39.7. The number of benzene rings is 3. The molecule has 0 saturated heterocycles. The number of aryl methyl sites for hydroxylation is 1. The molecule has 0 saturated carbocycles. The van der Waals surface area contributed by atoms with Gasteiger partial charge < -0.3 is 15.0 Å². The first kappa shape index (κ1) is 33.7. The molecule has 0 aliphatic heterocycles. The van der Waals surface area contributed by atoms with Crippen molar-refractivity contribution in [3.05, 3.63) is 106 Å². The molecule has 0 unspecified atom stereocenters. The Morgan fingerprint density at radius 1 is 1.02 bits per heavy atom. The zero-order valence-corrected chi connectivity index (χ0v) is 26.2. The van der Waals surface area contributed by atoms with Gasteiger partial charge >= 0.3 is 6.09 Å². The molecule has 0 aliphatic rings. The number of carbonyl (C=O) groups is 3. The molecule has 2 amide bonds. The fourth-order valence-electron chi connectivity index (χ4n) is 4.31. The molecule has 12 heteroatoms. The van der Waals surface area contributed by atoms with Gasteiger partial charge in [-0.2, -0.15) is 4.98 Å². The van der Waals surface area contributed by atoms with Crippen molar-refractivity contribution in [3.8, 4) is 22.8 Å². The summed E-state index contributed by atoms with van der Waals surface area (Å²) in [5.41, 5.74) is 7.00. The SMILES string of the molecule is C/C=C(\C=C(\C(N)=O)C(=O)CCc1ccc(-c2noc(-c3ccc(NC(=O)OC(C)(C)C)cc3)n2)c(F)c1)c1ccc(Cl)c(F)c1. The summed E-state index contributed by atoms with van der Waals surface area (Å²) >= 11 is 5.76. The lowest BCUT2D eigenvalue weighted by molar-refractivity contribution is -0.120. The van der Waals surface area contributed by atoms with Crippen LogP contribution in [0.5, 0.6) is 0 Å². The summed E-state index contributed by atoms with van der Waals surface area (Å²) in [6, 6.07) is 15.0.